The number of furan rings is 1. The Morgan fingerprint density at radius 3 is 2.52 bits per heavy atom. The van der Waals surface area contributed by atoms with Gasteiger partial charge in [0.25, 0.3) is 5.91 Å². The molecule has 1 aromatic heterocycles. The highest BCUT2D eigenvalue weighted by Gasteiger charge is 2.18. The van der Waals surface area contributed by atoms with Gasteiger partial charge in [-0.3, -0.25) is 4.79 Å². The predicted octanol–water partition coefficient (Wildman–Crippen LogP) is 4.46. The number of hydrogen-bond donors (Lipinski definition) is 1. The van der Waals surface area contributed by atoms with Gasteiger partial charge in [-0.15, -0.1) is 0 Å². The molecule has 23 heavy (non-hydrogen) atoms. The number of nitrogens with zero attached hydrogens (tertiary/aromatic N) is 1. The first-order valence-electron chi connectivity index (χ1n) is 7.04. The lowest BCUT2D eigenvalue weighted by molar-refractivity contribution is 0.0967. The monoisotopic (exact) mass is 326 g/mol. The maximum atomic E-state index is 12.5. The first-order chi connectivity index (χ1) is 11.1. The van der Waals surface area contributed by atoms with Gasteiger partial charge in [-0.05, 0) is 42.5 Å². The average Bonchev–Trinajstić information content (AvgIpc) is 3.07. The van der Waals surface area contributed by atoms with E-state index >= 15 is 0 Å². The van der Waals surface area contributed by atoms with Crippen LogP contribution in [0.5, 0.6) is 0 Å². The summed E-state index contributed by atoms with van der Waals surface area (Å²) in [6.07, 6.45) is 0. The molecule has 116 valence electrons. The summed E-state index contributed by atoms with van der Waals surface area (Å²) in [6, 6.07) is 18.0. The Kier molecular flexibility index (Phi) is 4.08. The fraction of sp³-hybridized carbons (Fsp3) is 0.0556. The minimum absolute atomic E-state index is 0.218. The summed E-state index contributed by atoms with van der Waals surface area (Å²) in [7, 11) is 1.71. The average molecular weight is 327 g/mol. The van der Waals surface area contributed by atoms with Gasteiger partial charge in [0.15, 0.2) is 5.76 Å². The zero-order valence-corrected chi connectivity index (χ0v) is 13.2. The van der Waals surface area contributed by atoms with Gasteiger partial charge in [0, 0.05) is 18.3 Å². The Morgan fingerprint density at radius 1 is 1.09 bits per heavy atom. The van der Waals surface area contributed by atoms with Gasteiger partial charge in [-0.1, -0.05) is 29.8 Å². The highest BCUT2D eigenvalue weighted by molar-refractivity contribution is 6.33. The van der Waals surface area contributed by atoms with E-state index in [0.29, 0.717) is 16.5 Å². The number of carbonyl (C=O) groups is 1. The van der Waals surface area contributed by atoms with Crippen molar-refractivity contribution in [3.8, 4) is 11.3 Å². The summed E-state index contributed by atoms with van der Waals surface area (Å²) in [6.45, 7) is 0. The SMILES string of the molecule is CN(C(=O)c1ccc(-c2ccc(Cl)c(N)c2)o1)c1ccccc1. The number of halogens is 1. The molecule has 0 aliphatic carbocycles. The Hall–Kier alpha value is -2.72. The second-order valence-electron chi connectivity index (χ2n) is 5.10. The van der Waals surface area contributed by atoms with Gasteiger partial charge in [0.2, 0.25) is 0 Å². The van der Waals surface area contributed by atoms with E-state index in [0.717, 1.165) is 11.3 Å². The van der Waals surface area contributed by atoms with E-state index in [1.807, 2.05) is 30.3 Å². The number of nitrogens with two attached hydrogens (primary N) is 1. The zero-order chi connectivity index (χ0) is 16.4. The molecule has 0 saturated heterocycles. The van der Waals surface area contributed by atoms with Crippen LogP contribution in [0, 0.1) is 0 Å². The minimum atomic E-state index is -0.218. The maximum absolute atomic E-state index is 12.5. The molecule has 5 heteroatoms. The zero-order valence-electron chi connectivity index (χ0n) is 12.5. The standard InChI is InChI=1S/C18H15ClN2O2/c1-21(13-5-3-2-4-6-13)18(22)17-10-9-16(23-17)12-7-8-14(19)15(20)11-12/h2-11H,20H2,1H3. The van der Waals surface area contributed by atoms with Crippen LogP contribution in [0.15, 0.2) is 65.1 Å². The van der Waals surface area contributed by atoms with Gasteiger partial charge in [-0.2, -0.15) is 0 Å². The van der Waals surface area contributed by atoms with E-state index in [1.54, 1.807) is 42.3 Å². The molecule has 0 spiro atoms. The van der Waals surface area contributed by atoms with Crippen molar-refractivity contribution in [3.63, 3.8) is 0 Å². The lowest BCUT2D eigenvalue weighted by Crippen LogP contribution is -2.25. The molecule has 4 nitrogen and oxygen atoms in total. The molecule has 0 atom stereocenters. The van der Waals surface area contributed by atoms with Gasteiger partial charge in [0.1, 0.15) is 5.76 Å². The van der Waals surface area contributed by atoms with Crippen molar-refractivity contribution in [2.75, 3.05) is 17.7 Å². The predicted molar refractivity (Wildman–Crippen MR) is 92.7 cm³/mol. The molecular weight excluding hydrogens is 312 g/mol. The van der Waals surface area contributed by atoms with Crippen LogP contribution in [0.2, 0.25) is 5.02 Å². The van der Waals surface area contributed by atoms with E-state index < -0.39 is 0 Å². The van der Waals surface area contributed by atoms with Crippen LogP contribution in [-0.2, 0) is 0 Å². The van der Waals surface area contributed by atoms with Gasteiger partial charge >= 0.3 is 0 Å². The third-order valence-corrected chi connectivity index (χ3v) is 3.89. The highest BCUT2D eigenvalue weighted by Crippen LogP contribution is 2.28. The van der Waals surface area contributed by atoms with Crippen molar-refractivity contribution in [1.82, 2.24) is 0 Å². The Morgan fingerprint density at radius 2 is 1.83 bits per heavy atom. The fourth-order valence-electron chi connectivity index (χ4n) is 2.24. The summed E-state index contributed by atoms with van der Waals surface area (Å²) in [5.41, 5.74) is 7.84. The molecule has 2 N–H and O–H groups in total. The van der Waals surface area contributed by atoms with Crippen molar-refractivity contribution >= 4 is 28.9 Å². The number of anilines is 2. The normalized spacial score (nSPS) is 10.5. The van der Waals surface area contributed by atoms with Crippen molar-refractivity contribution in [1.29, 1.82) is 0 Å². The van der Waals surface area contributed by atoms with Crippen molar-refractivity contribution in [2.45, 2.75) is 0 Å². The number of benzene rings is 2. The lowest BCUT2D eigenvalue weighted by Gasteiger charge is -2.15. The van der Waals surface area contributed by atoms with Gasteiger partial charge in [-0.25, -0.2) is 0 Å². The van der Waals surface area contributed by atoms with Gasteiger partial charge in [0.05, 0.1) is 10.7 Å². The summed E-state index contributed by atoms with van der Waals surface area (Å²) < 4.78 is 5.68. The van der Waals surface area contributed by atoms with Crippen molar-refractivity contribution < 1.29 is 9.21 Å². The van der Waals surface area contributed by atoms with Crippen molar-refractivity contribution in [3.05, 3.63) is 71.4 Å². The van der Waals surface area contributed by atoms with Gasteiger partial charge < -0.3 is 15.1 Å². The Balaban J connectivity index is 1.86. The van der Waals surface area contributed by atoms with E-state index in [9.17, 15) is 4.79 Å². The molecule has 0 radical (unpaired) electrons. The summed E-state index contributed by atoms with van der Waals surface area (Å²) in [5.74, 6) is 0.613. The summed E-state index contributed by atoms with van der Waals surface area (Å²) in [4.78, 5) is 14.0. The molecule has 3 rings (SSSR count). The molecule has 0 aliphatic rings. The molecule has 0 fully saturated rings. The largest absolute Gasteiger partial charge is 0.451 e. The first-order valence-corrected chi connectivity index (χ1v) is 7.42. The quantitative estimate of drug-likeness (QED) is 0.723. The fourth-order valence-corrected chi connectivity index (χ4v) is 2.36. The molecule has 3 aromatic rings. The van der Waals surface area contributed by atoms with E-state index in [-0.39, 0.29) is 11.7 Å². The third-order valence-electron chi connectivity index (χ3n) is 3.55. The molecule has 0 saturated carbocycles. The second-order valence-corrected chi connectivity index (χ2v) is 5.51. The molecule has 0 bridgehead atoms. The van der Waals surface area contributed by atoms with Crippen LogP contribution in [0.4, 0.5) is 11.4 Å². The van der Waals surface area contributed by atoms with E-state index in [2.05, 4.69) is 0 Å². The highest BCUT2D eigenvalue weighted by atomic mass is 35.5. The number of hydrogen-bond acceptors (Lipinski definition) is 3. The minimum Gasteiger partial charge on any atom is -0.451 e. The third kappa shape index (κ3) is 3.07. The number of carbonyl (C=O) groups excluding carboxylic acids is 1. The summed E-state index contributed by atoms with van der Waals surface area (Å²) in [5, 5.41) is 0.486. The molecule has 0 aliphatic heterocycles. The Bertz CT molecular complexity index is 843. The number of nitrogen functional groups attached to an aromatic ring is 1. The van der Waals surface area contributed by atoms with Crippen LogP contribution in [-0.4, -0.2) is 13.0 Å². The van der Waals surface area contributed by atoms with E-state index in [4.69, 9.17) is 21.8 Å². The number of amides is 1. The van der Waals surface area contributed by atoms with Crippen LogP contribution < -0.4 is 10.6 Å². The van der Waals surface area contributed by atoms with Crippen molar-refractivity contribution in [2.24, 2.45) is 0 Å². The lowest BCUT2D eigenvalue weighted by atomic mass is 10.1. The van der Waals surface area contributed by atoms with Crippen LogP contribution in [0.3, 0.4) is 0 Å². The topological polar surface area (TPSA) is 59.5 Å². The number of rotatable bonds is 3. The van der Waals surface area contributed by atoms with E-state index in [1.165, 1.54) is 0 Å². The molecular formula is C18H15ClN2O2. The maximum Gasteiger partial charge on any atom is 0.293 e. The first kappa shape index (κ1) is 15.2. The van der Waals surface area contributed by atoms with Crippen LogP contribution >= 0.6 is 11.6 Å². The molecule has 1 amide bonds. The molecule has 2 aromatic carbocycles. The van der Waals surface area contributed by atoms with Crippen LogP contribution in [0.25, 0.3) is 11.3 Å². The van der Waals surface area contributed by atoms with Crippen LogP contribution in [0.1, 0.15) is 10.6 Å². The smallest absolute Gasteiger partial charge is 0.293 e. The Labute approximate surface area is 139 Å². The molecule has 1 heterocycles. The second kappa shape index (κ2) is 6.18. The molecule has 0 unspecified atom stereocenters. The summed E-state index contributed by atoms with van der Waals surface area (Å²) >= 11 is 5.92. The number of para-hydroxylation sites is 1.